The smallest absolute Gasteiger partial charge is 0.0657 e. The van der Waals surface area contributed by atoms with Gasteiger partial charge in [-0.25, -0.2) is 0 Å². The highest BCUT2D eigenvalue weighted by Crippen LogP contribution is 2.49. The molecule has 0 bridgehead atoms. The van der Waals surface area contributed by atoms with E-state index in [4.69, 9.17) is 9.84 Å². The summed E-state index contributed by atoms with van der Waals surface area (Å²) in [5.74, 6) is 0.346. The van der Waals surface area contributed by atoms with Gasteiger partial charge in [0.25, 0.3) is 0 Å². The van der Waals surface area contributed by atoms with E-state index in [2.05, 4.69) is 31.3 Å². The van der Waals surface area contributed by atoms with Crippen LogP contribution in [0.25, 0.3) is 0 Å². The molecular formula is C15H27NO2. The second kappa shape index (κ2) is 5.72. The largest absolute Gasteiger partial charge is 0.396 e. The molecule has 4 atom stereocenters. The molecule has 18 heavy (non-hydrogen) atoms. The van der Waals surface area contributed by atoms with Crippen molar-refractivity contribution in [2.45, 2.75) is 57.7 Å². The molecule has 3 nitrogen and oxygen atoms in total. The Bertz CT molecular complexity index is 299. The average molecular weight is 253 g/mol. The minimum Gasteiger partial charge on any atom is -0.396 e. The summed E-state index contributed by atoms with van der Waals surface area (Å²) < 4.78 is 5.62. The van der Waals surface area contributed by atoms with Gasteiger partial charge in [-0.15, -0.1) is 0 Å². The van der Waals surface area contributed by atoms with Crippen molar-refractivity contribution in [3.8, 4) is 0 Å². The molecule has 2 aliphatic rings. The van der Waals surface area contributed by atoms with Crippen LogP contribution in [0.3, 0.4) is 0 Å². The fourth-order valence-electron chi connectivity index (χ4n) is 3.80. The van der Waals surface area contributed by atoms with E-state index in [9.17, 15) is 0 Å². The van der Waals surface area contributed by atoms with Gasteiger partial charge < -0.3 is 15.2 Å². The van der Waals surface area contributed by atoms with E-state index in [0.29, 0.717) is 29.5 Å². The molecule has 0 unspecified atom stereocenters. The van der Waals surface area contributed by atoms with E-state index in [1.807, 2.05) is 7.11 Å². The van der Waals surface area contributed by atoms with Crippen molar-refractivity contribution in [2.75, 3.05) is 13.7 Å². The number of methoxy groups -OCH3 is 1. The summed E-state index contributed by atoms with van der Waals surface area (Å²) >= 11 is 0. The van der Waals surface area contributed by atoms with Gasteiger partial charge in [-0.3, -0.25) is 0 Å². The lowest BCUT2D eigenvalue weighted by Crippen LogP contribution is -2.64. The van der Waals surface area contributed by atoms with Crippen LogP contribution in [0.2, 0.25) is 0 Å². The Morgan fingerprint density at radius 3 is 2.50 bits per heavy atom. The van der Waals surface area contributed by atoms with Crippen molar-refractivity contribution in [1.29, 1.82) is 0 Å². The zero-order valence-electron chi connectivity index (χ0n) is 11.9. The van der Waals surface area contributed by atoms with Gasteiger partial charge in [0.15, 0.2) is 0 Å². The van der Waals surface area contributed by atoms with Crippen molar-refractivity contribution >= 4 is 0 Å². The SMILES string of the molecule is CCC1(CC)[C@H](N[C@@H]2C=C[C@H](CO)C2)C[C@H]1OC. The fraction of sp³-hybridized carbons (Fsp3) is 0.867. The summed E-state index contributed by atoms with van der Waals surface area (Å²) in [6.45, 7) is 4.81. The second-order valence-electron chi connectivity index (χ2n) is 5.79. The van der Waals surface area contributed by atoms with E-state index in [1.165, 1.54) is 12.8 Å². The van der Waals surface area contributed by atoms with Crippen molar-refractivity contribution < 1.29 is 9.84 Å². The van der Waals surface area contributed by atoms with Crippen LogP contribution in [0.5, 0.6) is 0 Å². The van der Waals surface area contributed by atoms with Gasteiger partial charge in [0, 0.05) is 37.1 Å². The van der Waals surface area contributed by atoms with Crippen molar-refractivity contribution in [3.05, 3.63) is 12.2 Å². The Morgan fingerprint density at radius 2 is 2.00 bits per heavy atom. The van der Waals surface area contributed by atoms with Crippen LogP contribution in [-0.2, 0) is 4.74 Å². The molecule has 1 saturated carbocycles. The number of aliphatic hydroxyl groups is 1. The lowest BCUT2D eigenvalue weighted by Gasteiger charge is -2.56. The number of rotatable bonds is 6. The first-order valence-corrected chi connectivity index (χ1v) is 7.28. The maximum Gasteiger partial charge on any atom is 0.0657 e. The molecule has 104 valence electrons. The maximum absolute atomic E-state index is 9.17. The summed E-state index contributed by atoms with van der Waals surface area (Å²) in [6, 6.07) is 0.993. The van der Waals surface area contributed by atoms with Crippen molar-refractivity contribution in [1.82, 2.24) is 5.32 Å². The highest BCUT2D eigenvalue weighted by molar-refractivity contribution is 5.12. The molecule has 0 amide bonds. The van der Waals surface area contributed by atoms with Gasteiger partial charge in [-0.2, -0.15) is 0 Å². The Morgan fingerprint density at radius 1 is 1.28 bits per heavy atom. The van der Waals surface area contributed by atoms with Crippen molar-refractivity contribution in [2.24, 2.45) is 11.3 Å². The molecule has 0 heterocycles. The van der Waals surface area contributed by atoms with Crippen molar-refractivity contribution in [3.63, 3.8) is 0 Å². The summed E-state index contributed by atoms with van der Waals surface area (Å²) in [5, 5.41) is 12.9. The Kier molecular flexibility index (Phi) is 4.46. The second-order valence-corrected chi connectivity index (χ2v) is 5.79. The summed E-state index contributed by atoms with van der Waals surface area (Å²) in [7, 11) is 1.83. The molecule has 0 aliphatic heterocycles. The van der Waals surface area contributed by atoms with Crippen LogP contribution in [0.1, 0.15) is 39.5 Å². The van der Waals surface area contributed by atoms with E-state index in [1.54, 1.807) is 0 Å². The number of nitrogens with one attached hydrogen (secondary N) is 1. The molecule has 2 N–H and O–H groups in total. The Labute approximate surface area is 111 Å². The highest BCUT2D eigenvalue weighted by atomic mass is 16.5. The predicted octanol–water partition coefficient (Wildman–Crippen LogP) is 2.11. The lowest BCUT2D eigenvalue weighted by molar-refractivity contribution is -0.125. The normalized spacial score (nSPS) is 37.8. The molecule has 0 aromatic carbocycles. The van der Waals surface area contributed by atoms with Crippen LogP contribution in [0.4, 0.5) is 0 Å². The third-order valence-electron chi connectivity index (χ3n) is 5.21. The molecule has 0 saturated heterocycles. The van der Waals surface area contributed by atoms with Crippen LogP contribution < -0.4 is 5.32 Å². The Hall–Kier alpha value is -0.380. The van der Waals surface area contributed by atoms with Crippen LogP contribution in [-0.4, -0.2) is 37.0 Å². The standard InChI is InChI=1S/C15H27NO2/c1-4-15(5-2)13(9-14(15)18-3)16-12-7-6-11(8-12)10-17/h6-7,11-14,16-17H,4-5,8-10H2,1-3H3/t11-,12+,13+,14+/m0/s1. The van der Waals surface area contributed by atoms with Gasteiger partial charge in [0.05, 0.1) is 6.10 Å². The Balaban J connectivity index is 1.93. The number of aliphatic hydroxyl groups excluding tert-OH is 1. The zero-order valence-corrected chi connectivity index (χ0v) is 11.9. The van der Waals surface area contributed by atoms with Gasteiger partial charge in [-0.05, 0) is 25.7 Å². The molecule has 0 radical (unpaired) electrons. The number of hydrogen-bond acceptors (Lipinski definition) is 3. The maximum atomic E-state index is 9.17. The molecule has 0 aromatic rings. The van der Waals surface area contributed by atoms with Crippen LogP contribution in [0, 0.1) is 11.3 Å². The fourth-order valence-corrected chi connectivity index (χ4v) is 3.80. The number of ether oxygens (including phenoxy) is 1. The minimum atomic E-state index is 0.271. The van der Waals surface area contributed by atoms with E-state index < -0.39 is 0 Å². The van der Waals surface area contributed by atoms with Crippen LogP contribution >= 0.6 is 0 Å². The quantitative estimate of drug-likeness (QED) is 0.712. The first kappa shape index (κ1) is 14.0. The molecule has 2 aliphatic carbocycles. The van der Waals surface area contributed by atoms with Gasteiger partial charge in [0.2, 0.25) is 0 Å². The lowest BCUT2D eigenvalue weighted by atomic mass is 9.58. The third-order valence-corrected chi connectivity index (χ3v) is 5.21. The molecular weight excluding hydrogens is 226 g/mol. The van der Waals surface area contributed by atoms with E-state index >= 15 is 0 Å². The van der Waals surface area contributed by atoms with E-state index in [0.717, 1.165) is 12.8 Å². The van der Waals surface area contributed by atoms with E-state index in [-0.39, 0.29) is 6.61 Å². The topological polar surface area (TPSA) is 41.5 Å². The summed E-state index contributed by atoms with van der Waals surface area (Å²) in [6.07, 6.45) is 9.25. The monoisotopic (exact) mass is 253 g/mol. The molecule has 0 aromatic heterocycles. The van der Waals surface area contributed by atoms with Gasteiger partial charge in [-0.1, -0.05) is 26.0 Å². The average Bonchev–Trinajstić information content (AvgIpc) is 2.83. The molecule has 0 spiro atoms. The summed E-state index contributed by atoms with van der Waals surface area (Å²) in [5.41, 5.74) is 0.305. The highest BCUT2D eigenvalue weighted by Gasteiger charge is 2.53. The van der Waals surface area contributed by atoms with Gasteiger partial charge >= 0.3 is 0 Å². The first-order valence-electron chi connectivity index (χ1n) is 7.28. The predicted molar refractivity (Wildman–Crippen MR) is 73.5 cm³/mol. The van der Waals surface area contributed by atoms with Gasteiger partial charge in [0.1, 0.15) is 0 Å². The van der Waals surface area contributed by atoms with Crippen LogP contribution in [0.15, 0.2) is 12.2 Å². The first-order chi connectivity index (χ1) is 8.70. The molecule has 3 heteroatoms. The minimum absolute atomic E-state index is 0.271. The summed E-state index contributed by atoms with van der Waals surface area (Å²) in [4.78, 5) is 0. The zero-order chi connectivity index (χ0) is 13.2. The molecule has 1 fully saturated rings. The third kappa shape index (κ3) is 2.24. The number of hydrogen-bond donors (Lipinski definition) is 2. The molecule has 2 rings (SSSR count).